The molecule has 0 aromatic heterocycles. The minimum Gasteiger partial charge on any atom is -0.394 e. The van der Waals surface area contributed by atoms with E-state index in [1.54, 1.807) is 0 Å². The highest BCUT2D eigenvalue weighted by Gasteiger charge is 2.54. The van der Waals surface area contributed by atoms with Crippen LogP contribution in [-0.4, -0.2) is 221 Å². The van der Waals surface area contributed by atoms with Crippen LogP contribution in [0, 0.1) is 0 Å². The lowest BCUT2D eigenvalue weighted by molar-refractivity contribution is -0.400. The Hall–Kier alpha value is -0.840. The van der Waals surface area contributed by atoms with Crippen LogP contribution in [0.2, 0.25) is 0 Å². The predicted molar refractivity (Wildman–Crippen MR) is 134 cm³/mol. The monoisotopic (exact) mass is 666 g/mol. The smallest absolute Gasteiger partial charge is 0.189 e. The molecule has 0 aromatic carbocycles. The molecule has 4 heterocycles. The molecular formula is C24H42O21. The third-order valence-corrected chi connectivity index (χ3v) is 8.19. The Morgan fingerprint density at radius 3 is 0.889 bits per heavy atom. The maximum Gasteiger partial charge on any atom is 0.189 e. The zero-order valence-corrected chi connectivity index (χ0v) is 23.5. The first-order valence-corrected chi connectivity index (χ1v) is 14.1. The van der Waals surface area contributed by atoms with Crippen molar-refractivity contribution in [3.63, 3.8) is 0 Å². The maximum atomic E-state index is 10.8. The van der Waals surface area contributed by atoms with Gasteiger partial charge in [-0.3, -0.25) is 0 Å². The van der Waals surface area contributed by atoms with Crippen molar-refractivity contribution in [1.82, 2.24) is 0 Å². The van der Waals surface area contributed by atoms with Gasteiger partial charge in [0, 0.05) is 0 Å². The first kappa shape index (κ1) is 37.0. The summed E-state index contributed by atoms with van der Waals surface area (Å²) in [6.45, 7) is -3.35. The molecule has 0 saturated carbocycles. The van der Waals surface area contributed by atoms with Crippen molar-refractivity contribution in [1.29, 1.82) is 0 Å². The van der Waals surface area contributed by atoms with Crippen LogP contribution < -0.4 is 0 Å². The van der Waals surface area contributed by atoms with E-state index in [0.29, 0.717) is 0 Å². The lowest BCUT2D eigenvalue weighted by Crippen LogP contribution is -2.67. The Balaban J connectivity index is 1.41. The zero-order chi connectivity index (χ0) is 33.3. The second-order valence-corrected chi connectivity index (χ2v) is 11.1. The molecule has 0 aliphatic carbocycles. The van der Waals surface area contributed by atoms with Crippen molar-refractivity contribution < 1.29 is 105 Å². The van der Waals surface area contributed by atoms with Gasteiger partial charge in [-0.2, -0.15) is 0 Å². The molecule has 264 valence electrons. The number of rotatable bonds is 10. The molecule has 21 heteroatoms. The fraction of sp³-hybridized carbons (Fsp3) is 1.00. The summed E-state index contributed by atoms with van der Waals surface area (Å²) in [5, 5.41) is 142. The number of aliphatic hydroxyl groups excluding tert-OH is 14. The van der Waals surface area contributed by atoms with Crippen LogP contribution in [0.1, 0.15) is 0 Å². The third-order valence-electron chi connectivity index (χ3n) is 8.19. The Bertz CT molecular complexity index is 840. The van der Waals surface area contributed by atoms with E-state index in [2.05, 4.69) is 0 Å². The van der Waals surface area contributed by atoms with Crippen LogP contribution in [0.25, 0.3) is 0 Å². The summed E-state index contributed by atoms with van der Waals surface area (Å²) < 4.78 is 37.8. The number of aliphatic hydroxyl groups is 14. The van der Waals surface area contributed by atoms with Gasteiger partial charge >= 0.3 is 0 Å². The van der Waals surface area contributed by atoms with E-state index in [1.165, 1.54) is 0 Å². The predicted octanol–water partition coefficient (Wildman–Crippen LogP) is -9.75. The molecule has 4 fully saturated rings. The molecule has 0 spiro atoms. The molecule has 4 aliphatic heterocycles. The molecule has 0 amide bonds. The van der Waals surface area contributed by atoms with Gasteiger partial charge in [0.25, 0.3) is 0 Å². The lowest BCUT2D eigenvalue weighted by Gasteiger charge is -2.48. The summed E-state index contributed by atoms with van der Waals surface area (Å²) in [7, 11) is 0. The second kappa shape index (κ2) is 15.6. The standard InChI is InChI=1S/C24H42O21/c25-1-5-9(29)11(31)15(35)21(39-5)43-19-7(3-27)41-23(17(37)13(19)33)45-24-18(38)14(34)20(8(4-28)42-24)44-22-16(36)12(32)10(30)6(2-26)40-22/h5-38H,1-4H2/t5-,6+,7-,8+,9-,10+,11+,12-,13-,14+,15-,16+,17-,18?,19-,20+,21-,22+,23+,24+/m0/s1. The van der Waals surface area contributed by atoms with Crippen LogP contribution >= 0.6 is 0 Å². The van der Waals surface area contributed by atoms with Gasteiger partial charge < -0.3 is 105 Å². The summed E-state index contributed by atoms with van der Waals surface area (Å²) >= 11 is 0. The van der Waals surface area contributed by atoms with Crippen molar-refractivity contribution in [2.24, 2.45) is 0 Å². The van der Waals surface area contributed by atoms with Crippen molar-refractivity contribution in [3.05, 3.63) is 0 Å². The van der Waals surface area contributed by atoms with Gasteiger partial charge in [-0.25, -0.2) is 0 Å². The first-order valence-electron chi connectivity index (χ1n) is 14.1. The lowest BCUT2D eigenvalue weighted by atomic mass is 9.96. The molecule has 0 aromatic rings. The number of ether oxygens (including phenoxy) is 7. The summed E-state index contributed by atoms with van der Waals surface area (Å²) in [6, 6.07) is 0. The molecule has 4 aliphatic rings. The van der Waals surface area contributed by atoms with E-state index in [9.17, 15) is 71.5 Å². The first-order chi connectivity index (χ1) is 21.3. The van der Waals surface area contributed by atoms with Crippen LogP contribution in [0.4, 0.5) is 0 Å². The van der Waals surface area contributed by atoms with Crippen LogP contribution in [0.5, 0.6) is 0 Å². The molecule has 1 unspecified atom stereocenters. The molecule has 0 radical (unpaired) electrons. The van der Waals surface area contributed by atoms with Crippen LogP contribution in [0.3, 0.4) is 0 Å². The molecule has 0 bridgehead atoms. The van der Waals surface area contributed by atoms with E-state index in [-0.39, 0.29) is 0 Å². The summed E-state index contributed by atoms with van der Waals surface area (Å²) in [5.41, 5.74) is 0. The molecule has 21 nitrogen and oxygen atoms in total. The normalized spacial score (nSPS) is 52.9. The molecule has 20 atom stereocenters. The van der Waals surface area contributed by atoms with Crippen molar-refractivity contribution in [2.45, 2.75) is 123 Å². The third kappa shape index (κ3) is 7.44. The minimum atomic E-state index is -2.02. The van der Waals surface area contributed by atoms with E-state index < -0.39 is 149 Å². The molecule has 14 N–H and O–H groups in total. The Kier molecular flexibility index (Phi) is 12.8. The molecule has 4 saturated heterocycles. The summed E-state index contributed by atoms with van der Waals surface area (Å²) in [4.78, 5) is 0. The zero-order valence-electron chi connectivity index (χ0n) is 23.5. The van der Waals surface area contributed by atoms with Gasteiger partial charge in [-0.05, 0) is 0 Å². The fourth-order valence-corrected chi connectivity index (χ4v) is 5.47. The Labute approximate surface area is 254 Å². The minimum absolute atomic E-state index is 0.782. The largest absolute Gasteiger partial charge is 0.394 e. The number of hydrogen-bond donors (Lipinski definition) is 14. The topological polar surface area (TPSA) is 348 Å². The van der Waals surface area contributed by atoms with E-state index >= 15 is 0 Å². The van der Waals surface area contributed by atoms with Crippen molar-refractivity contribution in [2.75, 3.05) is 26.4 Å². The van der Waals surface area contributed by atoms with Gasteiger partial charge in [0.2, 0.25) is 0 Å². The maximum absolute atomic E-state index is 10.8. The van der Waals surface area contributed by atoms with Gasteiger partial charge in [0.1, 0.15) is 97.7 Å². The number of hydrogen-bond acceptors (Lipinski definition) is 21. The molecular weight excluding hydrogens is 624 g/mol. The SMILES string of the molecule is OC[C@@H]1O[C@@H](O[C@@H]2[C@@H](O)[C@H](O)[C@@H](O[C@H]3O[C@H](CO)[C@@H](O[C@H]4O[C@H](CO)[C@@H](O)[C@H](O)[C@H]4O)[C@H](O)C3O)O[C@H]2CO)[C@@H](O)[C@H](O)[C@H]1O. The summed E-state index contributed by atoms with van der Waals surface area (Å²) in [5.74, 6) is 0. The highest BCUT2D eigenvalue weighted by atomic mass is 16.8. The van der Waals surface area contributed by atoms with Gasteiger partial charge in [-0.15, -0.1) is 0 Å². The van der Waals surface area contributed by atoms with Gasteiger partial charge in [0.05, 0.1) is 26.4 Å². The highest BCUT2D eigenvalue weighted by Crippen LogP contribution is 2.33. The van der Waals surface area contributed by atoms with E-state index in [0.717, 1.165) is 0 Å². The van der Waals surface area contributed by atoms with E-state index in [1.807, 2.05) is 0 Å². The average Bonchev–Trinajstić information content (AvgIpc) is 3.03. The van der Waals surface area contributed by atoms with Crippen LogP contribution in [0.15, 0.2) is 0 Å². The van der Waals surface area contributed by atoms with Crippen molar-refractivity contribution >= 4 is 0 Å². The Morgan fingerprint density at radius 2 is 0.578 bits per heavy atom. The molecule has 45 heavy (non-hydrogen) atoms. The van der Waals surface area contributed by atoms with Crippen LogP contribution in [-0.2, 0) is 33.2 Å². The average molecular weight is 667 g/mol. The second-order valence-electron chi connectivity index (χ2n) is 11.1. The summed E-state index contributed by atoms with van der Waals surface area (Å²) in [6.07, 6.45) is -35.3. The Morgan fingerprint density at radius 1 is 0.311 bits per heavy atom. The van der Waals surface area contributed by atoms with E-state index in [4.69, 9.17) is 33.2 Å². The van der Waals surface area contributed by atoms with Gasteiger partial charge in [-0.1, -0.05) is 0 Å². The fourth-order valence-electron chi connectivity index (χ4n) is 5.47. The quantitative estimate of drug-likeness (QED) is 0.103. The van der Waals surface area contributed by atoms with Crippen molar-refractivity contribution in [3.8, 4) is 0 Å². The highest BCUT2D eigenvalue weighted by molar-refractivity contribution is 4.97. The van der Waals surface area contributed by atoms with Gasteiger partial charge in [0.15, 0.2) is 25.2 Å². The molecule has 4 rings (SSSR count).